The number of para-hydroxylation sites is 2. The third-order valence-corrected chi connectivity index (χ3v) is 5.45. The first-order valence-electron chi connectivity index (χ1n) is 11.0. The maximum absolute atomic E-state index is 10.5. The molecule has 0 unspecified atom stereocenters. The molecule has 0 spiro atoms. The molecule has 0 amide bonds. The lowest BCUT2D eigenvalue weighted by Gasteiger charge is -2.06. The van der Waals surface area contributed by atoms with Crippen molar-refractivity contribution < 1.29 is 37.1 Å². The van der Waals surface area contributed by atoms with E-state index in [2.05, 4.69) is 51.7 Å². The summed E-state index contributed by atoms with van der Waals surface area (Å²) in [6.07, 6.45) is 1.86. The second kappa shape index (κ2) is 11.1. The number of fused-ring (bicyclic) bond motifs is 1. The molecular weight excluding hydrogens is 449 g/mol. The van der Waals surface area contributed by atoms with Crippen molar-refractivity contribution in [3.05, 3.63) is 60.6 Å². The monoisotopic (exact) mass is 476 g/mol. The maximum Gasteiger partial charge on any atom is 0.430 e. The van der Waals surface area contributed by atoms with Crippen LogP contribution in [0.4, 0.5) is 13.2 Å². The molecule has 0 fully saturated rings. The molecule has 182 valence electrons. The standard InChI is InChI=1S/C23H27N2O2.C2HF3O2/c1-3-27-19-14-12-18(13-15-19)21-17-25(20-9-6-7-10-22(20)26-2)23-11-5-4-8-16-24(21)23;3-2(4,5)1(6)7/h6-7,9-10,12-15,17H,3-5,8,11,16H2,1-2H3;(H,6,7)/q+1;/p-1. The normalized spacial score (nSPS) is 13.2. The fraction of sp³-hybridized carbons (Fsp3) is 0.360. The van der Waals surface area contributed by atoms with Crippen LogP contribution in [0.15, 0.2) is 54.7 Å². The second-order valence-electron chi connectivity index (χ2n) is 7.68. The average molecular weight is 476 g/mol. The van der Waals surface area contributed by atoms with E-state index in [1.165, 1.54) is 36.3 Å². The van der Waals surface area contributed by atoms with Crippen molar-refractivity contribution in [3.8, 4) is 28.4 Å². The predicted octanol–water partition coefficient (Wildman–Crippen LogP) is 3.86. The number of imidazole rings is 1. The lowest BCUT2D eigenvalue weighted by molar-refractivity contribution is -0.604. The van der Waals surface area contributed by atoms with E-state index in [1.807, 2.05) is 19.1 Å². The van der Waals surface area contributed by atoms with Gasteiger partial charge in [0.1, 0.15) is 17.9 Å². The van der Waals surface area contributed by atoms with E-state index in [0.717, 1.165) is 30.2 Å². The number of carbonyl (C=O) groups is 1. The molecule has 6 nitrogen and oxygen atoms in total. The van der Waals surface area contributed by atoms with Gasteiger partial charge in [0, 0.05) is 12.0 Å². The molecule has 34 heavy (non-hydrogen) atoms. The highest BCUT2D eigenvalue weighted by Gasteiger charge is 2.29. The van der Waals surface area contributed by atoms with Gasteiger partial charge in [-0.2, -0.15) is 17.7 Å². The Balaban J connectivity index is 0.000000406. The van der Waals surface area contributed by atoms with Crippen molar-refractivity contribution >= 4 is 5.97 Å². The van der Waals surface area contributed by atoms with Crippen LogP contribution in [-0.4, -0.2) is 30.4 Å². The number of nitrogens with zero attached hydrogens (tertiary/aromatic N) is 2. The minimum atomic E-state index is -5.19. The largest absolute Gasteiger partial charge is 0.542 e. The van der Waals surface area contributed by atoms with E-state index >= 15 is 0 Å². The number of ether oxygens (including phenoxy) is 2. The van der Waals surface area contributed by atoms with Crippen molar-refractivity contribution in [2.24, 2.45) is 0 Å². The van der Waals surface area contributed by atoms with Crippen molar-refractivity contribution in [2.75, 3.05) is 13.7 Å². The number of hydrogen-bond donors (Lipinski definition) is 0. The van der Waals surface area contributed by atoms with Crippen LogP contribution >= 0.6 is 0 Å². The first kappa shape index (κ1) is 25.1. The smallest absolute Gasteiger partial charge is 0.430 e. The summed E-state index contributed by atoms with van der Waals surface area (Å²) in [5, 5.41) is 8.78. The minimum Gasteiger partial charge on any atom is -0.542 e. The van der Waals surface area contributed by atoms with Crippen LogP contribution in [0, 0.1) is 0 Å². The van der Waals surface area contributed by atoms with Gasteiger partial charge in [-0.15, -0.1) is 0 Å². The van der Waals surface area contributed by atoms with Gasteiger partial charge in [0.05, 0.1) is 20.3 Å². The Morgan fingerprint density at radius 1 is 1.09 bits per heavy atom. The number of rotatable bonds is 5. The Labute approximate surface area is 196 Å². The van der Waals surface area contributed by atoms with Crippen LogP contribution in [0.1, 0.15) is 32.0 Å². The van der Waals surface area contributed by atoms with Crippen LogP contribution in [-0.2, 0) is 17.8 Å². The number of alkyl halides is 3. The van der Waals surface area contributed by atoms with E-state index in [0.29, 0.717) is 6.61 Å². The summed E-state index contributed by atoms with van der Waals surface area (Å²) in [7, 11) is 1.74. The van der Waals surface area contributed by atoms with Gasteiger partial charge in [-0.1, -0.05) is 12.1 Å². The molecular formula is C25H27F3N2O4. The number of methoxy groups -OCH3 is 1. The summed E-state index contributed by atoms with van der Waals surface area (Å²) in [4.78, 5) is 8.78. The highest BCUT2D eigenvalue weighted by atomic mass is 19.4. The van der Waals surface area contributed by atoms with E-state index in [4.69, 9.17) is 19.4 Å². The molecule has 9 heteroatoms. The van der Waals surface area contributed by atoms with Gasteiger partial charge >= 0.3 is 6.18 Å². The predicted molar refractivity (Wildman–Crippen MR) is 118 cm³/mol. The number of aliphatic carboxylic acids is 1. The summed E-state index contributed by atoms with van der Waals surface area (Å²) in [6.45, 7) is 3.75. The van der Waals surface area contributed by atoms with Gasteiger partial charge < -0.3 is 19.4 Å². The molecule has 0 saturated carbocycles. The van der Waals surface area contributed by atoms with Gasteiger partial charge in [-0.05, 0) is 62.6 Å². The summed E-state index contributed by atoms with van der Waals surface area (Å²) < 4.78 is 47.6. The van der Waals surface area contributed by atoms with Gasteiger partial charge in [-0.3, -0.25) is 0 Å². The molecule has 1 aliphatic rings. The Bertz CT molecular complexity index is 1110. The number of benzene rings is 2. The molecule has 1 aromatic heterocycles. The number of hydrogen-bond acceptors (Lipinski definition) is 4. The Hall–Kier alpha value is -3.49. The van der Waals surface area contributed by atoms with Crippen LogP contribution in [0.3, 0.4) is 0 Å². The zero-order chi connectivity index (χ0) is 24.7. The Morgan fingerprint density at radius 3 is 2.38 bits per heavy atom. The van der Waals surface area contributed by atoms with E-state index in [9.17, 15) is 13.2 Å². The Morgan fingerprint density at radius 2 is 1.76 bits per heavy atom. The van der Waals surface area contributed by atoms with Gasteiger partial charge in [0.15, 0.2) is 17.1 Å². The van der Waals surface area contributed by atoms with E-state index in [-0.39, 0.29) is 0 Å². The molecule has 0 aliphatic carbocycles. The minimum absolute atomic E-state index is 0.688. The van der Waals surface area contributed by atoms with Crippen molar-refractivity contribution in [2.45, 2.75) is 45.3 Å². The molecule has 0 atom stereocenters. The summed E-state index contributed by atoms with van der Waals surface area (Å²) in [5.74, 6) is 0.160. The molecule has 0 radical (unpaired) electrons. The van der Waals surface area contributed by atoms with Crippen molar-refractivity contribution in [3.63, 3.8) is 0 Å². The lowest BCUT2D eigenvalue weighted by atomic mass is 10.1. The zero-order valence-electron chi connectivity index (χ0n) is 19.1. The molecule has 0 bridgehead atoms. The fourth-order valence-electron chi connectivity index (χ4n) is 3.93. The van der Waals surface area contributed by atoms with Gasteiger partial charge in [0.2, 0.25) is 0 Å². The molecule has 2 aromatic carbocycles. The lowest BCUT2D eigenvalue weighted by Crippen LogP contribution is -2.37. The topological polar surface area (TPSA) is 67.4 Å². The molecule has 4 rings (SSSR count). The molecule has 0 N–H and O–H groups in total. The molecule has 2 heterocycles. The number of carbonyl (C=O) groups excluding carboxylic acids is 1. The number of halogens is 3. The highest BCUT2D eigenvalue weighted by molar-refractivity contribution is 5.70. The third-order valence-electron chi connectivity index (χ3n) is 5.45. The maximum atomic E-state index is 10.5. The van der Waals surface area contributed by atoms with Gasteiger partial charge in [-0.25, -0.2) is 4.57 Å². The average Bonchev–Trinajstić information content (AvgIpc) is 2.99. The Kier molecular flexibility index (Phi) is 8.20. The van der Waals surface area contributed by atoms with E-state index in [1.54, 1.807) is 7.11 Å². The van der Waals surface area contributed by atoms with Gasteiger partial charge in [0.25, 0.3) is 5.82 Å². The van der Waals surface area contributed by atoms with Crippen LogP contribution in [0.2, 0.25) is 0 Å². The molecule has 1 aliphatic heterocycles. The SMILES string of the molecule is CCOc1ccc(-c2c[n+](-c3ccccc3OC)c3n2CCCCC3)cc1.O=C([O-])C(F)(F)F. The second-order valence-corrected chi connectivity index (χ2v) is 7.68. The number of aromatic nitrogens is 2. The number of carboxylic acid groups (broad SMARTS) is 1. The summed E-state index contributed by atoms with van der Waals surface area (Å²) in [5.41, 5.74) is 3.57. The van der Waals surface area contributed by atoms with Crippen molar-refractivity contribution in [1.29, 1.82) is 0 Å². The molecule has 3 aromatic rings. The summed E-state index contributed by atoms with van der Waals surface area (Å²) >= 11 is 0. The quantitative estimate of drug-likeness (QED) is 0.525. The molecule has 0 saturated heterocycles. The third kappa shape index (κ3) is 5.89. The van der Waals surface area contributed by atoms with E-state index < -0.39 is 12.1 Å². The van der Waals surface area contributed by atoms with Crippen LogP contribution < -0.4 is 19.1 Å². The van der Waals surface area contributed by atoms with Crippen molar-refractivity contribution in [1.82, 2.24) is 4.57 Å². The summed E-state index contributed by atoms with van der Waals surface area (Å²) in [6, 6.07) is 16.7. The fourth-order valence-corrected chi connectivity index (χ4v) is 3.93. The highest BCUT2D eigenvalue weighted by Crippen LogP contribution is 2.28. The first-order chi connectivity index (χ1) is 16.3. The number of carboxylic acids is 1. The van der Waals surface area contributed by atoms with Crippen LogP contribution in [0.25, 0.3) is 16.9 Å². The first-order valence-corrected chi connectivity index (χ1v) is 11.0. The zero-order valence-corrected chi connectivity index (χ0v) is 19.1. The van der Waals surface area contributed by atoms with Crippen LogP contribution in [0.5, 0.6) is 11.5 Å².